The zero-order valence-electron chi connectivity index (χ0n) is 15.5. The minimum atomic E-state index is -0.802. The number of hydrogen-bond donors (Lipinski definition) is 1. The molecule has 2 aromatic carbocycles. The summed E-state index contributed by atoms with van der Waals surface area (Å²) in [6.07, 6.45) is 1.04. The number of halogens is 1. The van der Waals surface area contributed by atoms with E-state index in [1.54, 1.807) is 12.1 Å². The van der Waals surface area contributed by atoms with E-state index in [1.165, 1.54) is 12.1 Å². The average molecular weight is 367 g/mol. The number of carbonyl (C=O) groups excluding carboxylic acids is 2. The van der Waals surface area contributed by atoms with Crippen LogP contribution in [0.4, 0.5) is 4.39 Å². The summed E-state index contributed by atoms with van der Waals surface area (Å²) in [6.45, 7) is 4.81. The molecular formula is C22H22FNO3. The third-order valence-electron chi connectivity index (χ3n) is 5.88. The topological polar surface area (TPSA) is 55.4 Å². The van der Waals surface area contributed by atoms with Gasteiger partial charge in [-0.3, -0.25) is 9.59 Å². The van der Waals surface area contributed by atoms with Gasteiger partial charge in [0.05, 0.1) is 0 Å². The van der Waals surface area contributed by atoms with Crippen LogP contribution in [0.3, 0.4) is 0 Å². The molecule has 140 valence electrons. The molecule has 2 aromatic rings. The number of amides is 1. The van der Waals surface area contributed by atoms with Crippen LogP contribution >= 0.6 is 0 Å². The maximum absolute atomic E-state index is 13.3. The maximum Gasteiger partial charge on any atom is 0.235 e. The van der Waals surface area contributed by atoms with Crippen molar-refractivity contribution in [2.24, 2.45) is 0 Å². The Morgan fingerprint density at radius 1 is 1.04 bits per heavy atom. The van der Waals surface area contributed by atoms with Crippen LogP contribution < -0.4 is 5.32 Å². The normalized spacial score (nSPS) is 21.5. The molecule has 27 heavy (non-hydrogen) atoms. The van der Waals surface area contributed by atoms with Crippen LogP contribution in [0.1, 0.15) is 35.4 Å². The summed E-state index contributed by atoms with van der Waals surface area (Å²) in [6, 6.07) is 10.2. The summed E-state index contributed by atoms with van der Waals surface area (Å²) in [5.41, 5.74) is 3.54. The van der Waals surface area contributed by atoms with Crippen molar-refractivity contribution in [3.63, 3.8) is 0 Å². The van der Waals surface area contributed by atoms with E-state index in [9.17, 15) is 14.0 Å². The van der Waals surface area contributed by atoms with Crippen LogP contribution in [0.5, 0.6) is 0 Å². The Morgan fingerprint density at radius 3 is 2.37 bits per heavy atom. The van der Waals surface area contributed by atoms with E-state index in [0.717, 1.165) is 27.8 Å². The zero-order chi connectivity index (χ0) is 19.2. The molecule has 1 atom stereocenters. The minimum Gasteiger partial charge on any atom is -0.381 e. The lowest BCUT2D eigenvalue weighted by atomic mass is 9.79. The highest BCUT2D eigenvalue weighted by Gasteiger charge is 2.54. The van der Waals surface area contributed by atoms with Crippen molar-refractivity contribution in [2.75, 3.05) is 13.2 Å². The van der Waals surface area contributed by atoms with E-state index in [0.29, 0.717) is 26.1 Å². The van der Waals surface area contributed by atoms with Crippen LogP contribution in [0.2, 0.25) is 0 Å². The molecule has 2 aliphatic rings. The molecule has 0 aromatic heterocycles. The quantitative estimate of drug-likeness (QED) is 0.828. The first-order valence-corrected chi connectivity index (χ1v) is 9.23. The van der Waals surface area contributed by atoms with Crippen LogP contribution in [-0.2, 0) is 14.3 Å². The van der Waals surface area contributed by atoms with Crippen molar-refractivity contribution >= 4 is 11.7 Å². The highest BCUT2D eigenvalue weighted by molar-refractivity contribution is 6.17. The molecule has 1 spiro atoms. The second-order valence-electron chi connectivity index (χ2n) is 7.46. The van der Waals surface area contributed by atoms with E-state index in [1.807, 2.05) is 26.0 Å². The second-order valence-corrected chi connectivity index (χ2v) is 7.46. The highest BCUT2D eigenvalue weighted by atomic mass is 19.1. The van der Waals surface area contributed by atoms with Crippen LogP contribution in [0.25, 0.3) is 11.1 Å². The number of ether oxygens (including phenoxy) is 1. The Labute approximate surface area is 157 Å². The van der Waals surface area contributed by atoms with Gasteiger partial charge in [0.25, 0.3) is 0 Å². The second kappa shape index (κ2) is 6.57. The standard InChI is InChI=1S/C22H22FNO3/c1-13-3-8-17(15-4-6-16(23)7-5-15)14(2)18(13)19-20(25)22(24-21(19)26)9-11-27-12-10-22/h3-8,19H,9-12H2,1-2H3,(H,24,26). The summed E-state index contributed by atoms with van der Waals surface area (Å²) >= 11 is 0. The largest absolute Gasteiger partial charge is 0.381 e. The highest BCUT2D eigenvalue weighted by Crippen LogP contribution is 2.40. The van der Waals surface area contributed by atoms with Gasteiger partial charge >= 0.3 is 0 Å². The molecule has 5 heteroatoms. The van der Waals surface area contributed by atoms with Crippen molar-refractivity contribution < 1.29 is 18.7 Å². The van der Waals surface area contributed by atoms with Gasteiger partial charge in [-0.15, -0.1) is 0 Å². The van der Waals surface area contributed by atoms with E-state index in [-0.39, 0.29) is 17.5 Å². The molecule has 2 aliphatic heterocycles. The van der Waals surface area contributed by atoms with Gasteiger partial charge < -0.3 is 10.1 Å². The Bertz CT molecular complexity index is 914. The number of carbonyl (C=O) groups is 2. The summed E-state index contributed by atoms with van der Waals surface area (Å²) in [4.78, 5) is 26.1. The first-order valence-electron chi connectivity index (χ1n) is 9.23. The molecule has 0 aliphatic carbocycles. The fourth-order valence-corrected chi connectivity index (χ4v) is 4.37. The summed E-state index contributed by atoms with van der Waals surface area (Å²) in [5, 5.41) is 2.97. The molecule has 4 nitrogen and oxygen atoms in total. The maximum atomic E-state index is 13.3. The lowest BCUT2D eigenvalue weighted by Crippen LogP contribution is -2.50. The number of ketones is 1. The smallest absolute Gasteiger partial charge is 0.235 e. The Balaban J connectivity index is 1.79. The molecule has 1 N–H and O–H groups in total. The van der Waals surface area contributed by atoms with E-state index >= 15 is 0 Å². The van der Waals surface area contributed by atoms with Gasteiger partial charge in [-0.25, -0.2) is 4.39 Å². The first-order chi connectivity index (χ1) is 12.9. The van der Waals surface area contributed by atoms with E-state index in [2.05, 4.69) is 5.32 Å². The van der Waals surface area contributed by atoms with Crippen LogP contribution in [0, 0.1) is 19.7 Å². The lowest BCUT2D eigenvalue weighted by molar-refractivity contribution is -0.127. The molecule has 4 rings (SSSR count). The molecule has 0 bridgehead atoms. The van der Waals surface area contributed by atoms with Gasteiger partial charge in [-0.05, 0) is 53.8 Å². The van der Waals surface area contributed by atoms with Gasteiger partial charge in [-0.1, -0.05) is 24.3 Å². The predicted octanol–water partition coefficient (Wildman–Crippen LogP) is 3.44. The number of rotatable bonds is 2. The SMILES string of the molecule is Cc1ccc(-c2ccc(F)cc2)c(C)c1C1C(=O)NC2(CCOCC2)C1=O. The monoisotopic (exact) mass is 367 g/mol. The molecule has 1 unspecified atom stereocenters. The summed E-state index contributed by atoms with van der Waals surface area (Å²) in [5.74, 6) is -1.39. The third-order valence-corrected chi connectivity index (χ3v) is 5.88. The molecular weight excluding hydrogens is 345 g/mol. The molecule has 1 amide bonds. The van der Waals surface area contributed by atoms with Crippen molar-refractivity contribution in [3.8, 4) is 11.1 Å². The molecule has 2 heterocycles. The van der Waals surface area contributed by atoms with Crippen molar-refractivity contribution in [3.05, 3.63) is 58.9 Å². The number of aryl methyl sites for hydroxylation is 1. The summed E-state index contributed by atoms with van der Waals surface area (Å²) in [7, 11) is 0. The third kappa shape index (κ3) is 2.86. The summed E-state index contributed by atoms with van der Waals surface area (Å²) < 4.78 is 18.7. The molecule has 0 saturated carbocycles. The van der Waals surface area contributed by atoms with Gasteiger partial charge in [0.1, 0.15) is 17.3 Å². The van der Waals surface area contributed by atoms with Gasteiger partial charge in [-0.2, -0.15) is 0 Å². The number of benzene rings is 2. The lowest BCUT2D eigenvalue weighted by Gasteiger charge is -2.31. The minimum absolute atomic E-state index is 0.0572. The van der Waals surface area contributed by atoms with Crippen molar-refractivity contribution in [1.82, 2.24) is 5.32 Å². The van der Waals surface area contributed by atoms with Crippen LogP contribution in [-0.4, -0.2) is 30.4 Å². The fourth-order valence-electron chi connectivity index (χ4n) is 4.37. The first kappa shape index (κ1) is 17.9. The van der Waals surface area contributed by atoms with Gasteiger partial charge in [0.15, 0.2) is 5.78 Å². The van der Waals surface area contributed by atoms with Crippen molar-refractivity contribution in [1.29, 1.82) is 0 Å². The molecule has 2 fully saturated rings. The average Bonchev–Trinajstić information content (AvgIpc) is 2.88. The Kier molecular flexibility index (Phi) is 4.35. The Morgan fingerprint density at radius 2 is 1.70 bits per heavy atom. The number of nitrogens with one attached hydrogen (secondary N) is 1. The Hall–Kier alpha value is -2.53. The van der Waals surface area contributed by atoms with Crippen molar-refractivity contribution in [2.45, 2.75) is 38.1 Å². The zero-order valence-corrected chi connectivity index (χ0v) is 15.5. The van der Waals surface area contributed by atoms with E-state index < -0.39 is 11.5 Å². The van der Waals surface area contributed by atoms with Gasteiger partial charge in [0.2, 0.25) is 5.91 Å². The number of Topliss-reactive ketones (excluding diaryl/α,β-unsaturated/α-hetero) is 1. The molecule has 0 radical (unpaired) electrons. The molecule has 2 saturated heterocycles. The van der Waals surface area contributed by atoms with Crippen LogP contribution in [0.15, 0.2) is 36.4 Å². The van der Waals surface area contributed by atoms with E-state index in [4.69, 9.17) is 4.74 Å². The van der Waals surface area contributed by atoms with Gasteiger partial charge in [0, 0.05) is 26.1 Å². The predicted molar refractivity (Wildman–Crippen MR) is 100.0 cm³/mol. The fraction of sp³-hybridized carbons (Fsp3) is 0.364. The number of hydrogen-bond acceptors (Lipinski definition) is 3.